The van der Waals surface area contributed by atoms with Crippen LogP contribution in [0.15, 0.2) is 48.6 Å². The van der Waals surface area contributed by atoms with Gasteiger partial charge in [0.25, 0.3) is 10.0 Å². The Morgan fingerprint density at radius 1 is 0.905 bits per heavy atom. The average molecular weight is 539 g/mol. The summed E-state index contributed by atoms with van der Waals surface area (Å²) in [7, 11) is -3.80. The van der Waals surface area contributed by atoms with Gasteiger partial charge in [-0.25, -0.2) is 8.42 Å². The fourth-order valence-corrected chi connectivity index (χ4v) is 4.94. The van der Waals surface area contributed by atoms with Crippen LogP contribution in [0, 0.1) is 0 Å². The van der Waals surface area contributed by atoms with Gasteiger partial charge >= 0.3 is 0 Å². The molecule has 9 heteroatoms. The molecule has 2 aromatic carbocycles. The summed E-state index contributed by atoms with van der Waals surface area (Å²) in [6.07, 6.45) is 0. The Balaban J connectivity index is 2.47. The number of nitrogens with one attached hydrogen (secondary N) is 1. The number of rotatable bonds is 3. The standard InChI is InChI=1S/C12H6Br3Cl2NO2S/c13-6-1-2-7(14)10(5-6)21(19,20)18-9-4-3-8(15)11(16)12(9)17/h1-5,18H. The van der Waals surface area contributed by atoms with E-state index in [9.17, 15) is 8.42 Å². The second-order valence-electron chi connectivity index (χ2n) is 3.90. The van der Waals surface area contributed by atoms with Crippen molar-refractivity contribution in [3.8, 4) is 0 Å². The Kier molecular flexibility index (Phi) is 5.66. The normalized spacial score (nSPS) is 11.5. The highest BCUT2D eigenvalue weighted by Crippen LogP contribution is 2.37. The SMILES string of the molecule is O=S(=O)(Nc1ccc(Br)c(Cl)c1Cl)c1cc(Br)ccc1Br. The number of sulfonamides is 1. The molecule has 21 heavy (non-hydrogen) atoms. The molecule has 0 saturated carbocycles. The highest BCUT2D eigenvalue weighted by Gasteiger charge is 2.20. The molecule has 0 spiro atoms. The summed E-state index contributed by atoms with van der Waals surface area (Å²) >= 11 is 21.7. The van der Waals surface area contributed by atoms with Crippen molar-refractivity contribution in [1.29, 1.82) is 0 Å². The van der Waals surface area contributed by atoms with Crippen LogP contribution in [0.5, 0.6) is 0 Å². The van der Waals surface area contributed by atoms with Gasteiger partial charge in [0.2, 0.25) is 0 Å². The van der Waals surface area contributed by atoms with Crippen molar-refractivity contribution in [1.82, 2.24) is 0 Å². The molecule has 112 valence electrons. The Labute approximate surface area is 157 Å². The van der Waals surface area contributed by atoms with Crippen LogP contribution in [-0.4, -0.2) is 8.42 Å². The largest absolute Gasteiger partial charge is 0.278 e. The maximum Gasteiger partial charge on any atom is 0.263 e. The summed E-state index contributed by atoms with van der Waals surface area (Å²) in [6, 6.07) is 7.99. The van der Waals surface area contributed by atoms with Gasteiger partial charge in [0.15, 0.2) is 0 Å². The summed E-state index contributed by atoms with van der Waals surface area (Å²) < 4.78 is 29.0. The van der Waals surface area contributed by atoms with E-state index in [1.165, 1.54) is 12.1 Å². The zero-order valence-electron chi connectivity index (χ0n) is 10.0. The first kappa shape index (κ1) is 17.6. The molecule has 0 radical (unpaired) electrons. The van der Waals surface area contributed by atoms with Crippen LogP contribution < -0.4 is 4.72 Å². The Morgan fingerprint density at radius 3 is 2.19 bits per heavy atom. The number of hydrogen-bond acceptors (Lipinski definition) is 2. The van der Waals surface area contributed by atoms with Gasteiger partial charge in [0.1, 0.15) is 4.90 Å². The fraction of sp³-hybridized carbons (Fsp3) is 0. The maximum atomic E-state index is 12.4. The van der Waals surface area contributed by atoms with E-state index in [0.29, 0.717) is 13.4 Å². The maximum absolute atomic E-state index is 12.4. The minimum absolute atomic E-state index is 0.0898. The molecule has 3 nitrogen and oxygen atoms in total. The predicted molar refractivity (Wildman–Crippen MR) is 96.8 cm³/mol. The van der Waals surface area contributed by atoms with E-state index >= 15 is 0 Å². The molecule has 0 heterocycles. The van der Waals surface area contributed by atoms with Gasteiger partial charge in [0.05, 0.1) is 15.7 Å². The molecule has 0 aromatic heterocycles. The lowest BCUT2D eigenvalue weighted by Gasteiger charge is -2.12. The summed E-state index contributed by atoms with van der Waals surface area (Å²) in [5, 5.41) is 0.367. The van der Waals surface area contributed by atoms with Crippen LogP contribution in [0.2, 0.25) is 10.0 Å². The van der Waals surface area contributed by atoms with Crippen molar-refractivity contribution in [2.75, 3.05) is 4.72 Å². The minimum atomic E-state index is -3.80. The van der Waals surface area contributed by atoms with Crippen LogP contribution in [0.3, 0.4) is 0 Å². The van der Waals surface area contributed by atoms with E-state index in [-0.39, 0.29) is 20.6 Å². The third kappa shape index (κ3) is 3.95. The summed E-state index contributed by atoms with van der Waals surface area (Å²) in [5.74, 6) is 0. The molecule has 0 atom stereocenters. The molecule has 0 aliphatic heterocycles. The Morgan fingerprint density at radius 2 is 1.52 bits per heavy atom. The highest BCUT2D eigenvalue weighted by atomic mass is 79.9. The molecule has 0 fully saturated rings. The van der Waals surface area contributed by atoms with E-state index in [4.69, 9.17) is 23.2 Å². The van der Waals surface area contributed by atoms with Crippen molar-refractivity contribution in [2.45, 2.75) is 4.90 Å². The molecular weight excluding hydrogens is 533 g/mol. The molecule has 0 bridgehead atoms. The molecular formula is C12H6Br3Cl2NO2S. The number of hydrogen-bond donors (Lipinski definition) is 1. The lowest BCUT2D eigenvalue weighted by atomic mass is 10.3. The molecule has 0 aliphatic carbocycles. The van der Waals surface area contributed by atoms with Gasteiger partial charge in [-0.2, -0.15) is 0 Å². The van der Waals surface area contributed by atoms with Crippen molar-refractivity contribution < 1.29 is 8.42 Å². The Bertz CT molecular complexity index is 812. The van der Waals surface area contributed by atoms with E-state index < -0.39 is 10.0 Å². The van der Waals surface area contributed by atoms with Crippen LogP contribution in [-0.2, 0) is 10.0 Å². The number of halogens is 5. The van der Waals surface area contributed by atoms with Crippen molar-refractivity contribution in [3.05, 3.63) is 53.8 Å². The minimum Gasteiger partial charge on any atom is -0.278 e. The molecule has 2 aromatic rings. The quantitative estimate of drug-likeness (QED) is 0.481. The molecule has 1 N–H and O–H groups in total. The van der Waals surface area contributed by atoms with Crippen LogP contribution in [0.4, 0.5) is 5.69 Å². The first-order valence-electron chi connectivity index (χ1n) is 5.34. The molecule has 0 aliphatic rings. The lowest BCUT2D eigenvalue weighted by molar-refractivity contribution is 0.600. The van der Waals surface area contributed by atoms with Gasteiger partial charge in [-0.15, -0.1) is 0 Å². The van der Waals surface area contributed by atoms with Crippen LogP contribution in [0.25, 0.3) is 0 Å². The van der Waals surface area contributed by atoms with Gasteiger partial charge in [-0.3, -0.25) is 4.72 Å². The summed E-state index contributed by atoms with van der Waals surface area (Å²) in [6.45, 7) is 0. The van der Waals surface area contributed by atoms with Crippen LogP contribution >= 0.6 is 71.0 Å². The van der Waals surface area contributed by atoms with Gasteiger partial charge in [-0.1, -0.05) is 39.1 Å². The molecule has 0 amide bonds. The topological polar surface area (TPSA) is 46.2 Å². The van der Waals surface area contributed by atoms with Crippen molar-refractivity contribution in [2.24, 2.45) is 0 Å². The third-order valence-corrected chi connectivity index (χ3v) is 7.09. The van der Waals surface area contributed by atoms with Gasteiger partial charge in [-0.05, 0) is 62.2 Å². The van der Waals surface area contributed by atoms with Crippen molar-refractivity contribution in [3.63, 3.8) is 0 Å². The second kappa shape index (κ2) is 6.76. The van der Waals surface area contributed by atoms with E-state index in [1.807, 2.05) is 0 Å². The second-order valence-corrected chi connectivity index (χ2v) is 8.93. The number of anilines is 1. The number of benzene rings is 2. The zero-order chi connectivity index (χ0) is 15.8. The Hall–Kier alpha value is 0.210. The first-order valence-corrected chi connectivity index (χ1v) is 9.95. The van der Waals surface area contributed by atoms with Crippen LogP contribution in [0.1, 0.15) is 0 Å². The fourth-order valence-electron chi connectivity index (χ4n) is 1.49. The van der Waals surface area contributed by atoms with E-state index in [2.05, 4.69) is 52.5 Å². The highest BCUT2D eigenvalue weighted by molar-refractivity contribution is 9.11. The van der Waals surface area contributed by atoms with Crippen molar-refractivity contribution >= 4 is 86.7 Å². The predicted octanol–water partition coefficient (Wildman–Crippen LogP) is 6.08. The van der Waals surface area contributed by atoms with E-state index in [0.717, 1.165) is 0 Å². The summed E-state index contributed by atoms with van der Waals surface area (Å²) in [5.41, 5.74) is 0.205. The summed E-state index contributed by atoms with van der Waals surface area (Å²) in [4.78, 5) is 0.0898. The molecule has 0 unspecified atom stereocenters. The average Bonchev–Trinajstić information content (AvgIpc) is 2.42. The van der Waals surface area contributed by atoms with E-state index in [1.54, 1.807) is 18.2 Å². The molecule has 2 rings (SSSR count). The lowest BCUT2D eigenvalue weighted by Crippen LogP contribution is -2.14. The zero-order valence-corrected chi connectivity index (χ0v) is 17.1. The van der Waals surface area contributed by atoms with Gasteiger partial charge < -0.3 is 0 Å². The third-order valence-electron chi connectivity index (χ3n) is 2.46. The first-order chi connectivity index (χ1) is 9.72. The monoisotopic (exact) mass is 535 g/mol. The molecule has 0 saturated heterocycles. The smallest absolute Gasteiger partial charge is 0.263 e. The van der Waals surface area contributed by atoms with Gasteiger partial charge in [0, 0.05) is 13.4 Å².